The Morgan fingerprint density at radius 2 is 1.72 bits per heavy atom. The van der Waals surface area contributed by atoms with Gasteiger partial charge in [0.15, 0.2) is 11.6 Å². The predicted molar refractivity (Wildman–Crippen MR) is 177 cm³/mol. The van der Waals surface area contributed by atoms with Gasteiger partial charge in [0.25, 0.3) is 5.91 Å². The molecule has 4 aromatic rings. The molecule has 2 aliphatic heterocycles. The molecule has 15 heteroatoms. The third-order valence-corrected chi connectivity index (χ3v) is 9.03. The summed E-state index contributed by atoms with van der Waals surface area (Å²) in [6.07, 6.45) is -0.531. The normalized spacial score (nSPS) is 16.8. The molecule has 1 atom stereocenters. The van der Waals surface area contributed by atoms with Gasteiger partial charge in [-0.05, 0) is 66.9 Å². The van der Waals surface area contributed by atoms with E-state index in [1.54, 1.807) is 19.1 Å². The molecule has 2 aromatic heterocycles. The van der Waals surface area contributed by atoms with Crippen molar-refractivity contribution in [1.29, 1.82) is 0 Å². The van der Waals surface area contributed by atoms with Gasteiger partial charge in [0.05, 0.1) is 35.8 Å². The lowest BCUT2D eigenvalue weighted by molar-refractivity contribution is -0.138. The predicted octanol–water partition coefficient (Wildman–Crippen LogP) is 6.36. The van der Waals surface area contributed by atoms with Gasteiger partial charge >= 0.3 is 12.2 Å². The van der Waals surface area contributed by atoms with Crippen LogP contribution in [0.3, 0.4) is 0 Å². The van der Waals surface area contributed by atoms with E-state index in [0.29, 0.717) is 26.1 Å². The van der Waals surface area contributed by atoms with Gasteiger partial charge < -0.3 is 25.2 Å². The van der Waals surface area contributed by atoms with Crippen molar-refractivity contribution in [1.82, 2.24) is 29.9 Å². The number of ether oxygens (including phenoxy) is 1. The van der Waals surface area contributed by atoms with Crippen LogP contribution in [0.4, 0.5) is 33.9 Å². The highest BCUT2D eigenvalue weighted by Gasteiger charge is 2.35. The number of hydrogen-bond acceptors (Lipinski definition) is 8. The van der Waals surface area contributed by atoms with Crippen LogP contribution < -0.4 is 15.4 Å². The Hall–Kier alpha value is -5.15. The van der Waals surface area contributed by atoms with Crippen LogP contribution in [-0.2, 0) is 19.1 Å². The molecule has 0 bridgehead atoms. The van der Waals surface area contributed by atoms with E-state index in [9.17, 15) is 27.2 Å². The topological polar surface area (TPSA) is 116 Å². The van der Waals surface area contributed by atoms with Gasteiger partial charge in [0, 0.05) is 51.0 Å². The molecule has 1 saturated heterocycles. The Morgan fingerprint density at radius 3 is 2.44 bits per heavy atom. The van der Waals surface area contributed by atoms with Crippen LogP contribution in [0.15, 0.2) is 67.1 Å². The number of rotatable bonds is 8. The molecule has 0 spiro atoms. The van der Waals surface area contributed by atoms with E-state index in [1.807, 2.05) is 11.0 Å². The maximum Gasteiger partial charge on any atom is 0.416 e. The van der Waals surface area contributed by atoms with E-state index >= 15 is 0 Å². The molecular weight excluding hydrogens is 656 g/mol. The van der Waals surface area contributed by atoms with E-state index in [0.717, 1.165) is 43.0 Å². The van der Waals surface area contributed by atoms with Gasteiger partial charge in [-0.2, -0.15) is 23.4 Å². The first-order valence-electron chi connectivity index (χ1n) is 16.2. The highest BCUT2D eigenvalue weighted by atomic mass is 19.4. The number of aromatic nitrogens is 3. The van der Waals surface area contributed by atoms with Gasteiger partial charge in [-0.1, -0.05) is 19.1 Å². The van der Waals surface area contributed by atoms with Gasteiger partial charge in [-0.15, -0.1) is 0 Å². The van der Waals surface area contributed by atoms with Crippen molar-refractivity contribution >= 4 is 23.4 Å². The summed E-state index contributed by atoms with van der Waals surface area (Å²) in [6.45, 7) is 8.28. The van der Waals surface area contributed by atoms with Crippen LogP contribution in [0.5, 0.6) is 11.5 Å². The van der Waals surface area contributed by atoms with Crippen molar-refractivity contribution in [2.75, 3.05) is 49.9 Å². The molecule has 50 heavy (non-hydrogen) atoms. The maximum absolute atomic E-state index is 14.7. The number of hydrogen-bond donors (Lipinski definition) is 2. The molecule has 0 unspecified atom stereocenters. The standard InChI is InChI=1S/C35H36F4N8O3/c1-3-45-12-14-46(15-13-45)21-25-4-6-26(16-29(25)35(37,38)39)43-34(49)47-11-9-23-5-7-27(17-28(23)22(47)2)50-31-18-32(40-20-30(31)36)44-33(48)24-8-10-41-42-19-24/h4-8,10,16-20,22H,3,9,11-15,21H2,1-2H3,(H,43,49)(H,40,44,48)/t22-/m0/s1. The lowest BCUT2D eigenvalue weighted by atomic mass is 9.93. The van der Waals surface area contributed by atoms with Crippen LogP contribution in [0, 0.1) is 5.82 Å². The average Bonchev–Trinajstić information content (AvgIpc) is 3.11. The Bertz CT molecular complexity index is 1850. The Balaban J connectivity index is 1.14. The summed E-state index contributed by atoms with van der Waals surface area (Å²) < 4.78 is 63.1. The van der Waals surface area contributed by atoms with Crippen molar-refractivity contribution in [2.24, 2.45) is 0 Å². The number of nitrogens with zero attached hydrogens (tertiary/aromatic N) is 6. The minimum atomic E-state index is -4.59. The van der Waals surface area contributed by atoms with Crippen LogP contribution in [0.1, 0.15) is 52.5 Å². The molecule has 0 saturated carbocycles. The number of benzene rings is 2. The molecule has 1 fully saturated rings. The van der Waals surface area contributed by atoms with Gasteiger partial charge in [0.2, 0.25) is 0 Å². The number of halogens is 4. The Labute approximate surface area is 286 Å². The quantitative estimate of drug-likeness (QED) is 0.205. The van der Waals surface area contributed by atoms with E-state index in [-0.39, 0.29) is 40.7 Å². The second kappa shape index (κ2) is 14.8. The maximum atomic E-state index is 14.7. The van der Waals surface area contributed by atoms with Crippen molar-refractivity contribution in [3.05, 3.63) is 101 Å². The summed E-state index contributed by atoms with van der Waals surface area (Å²) in [7, 11) is 0. The van der Waals surface area contributed by atoms with E-state index in [4.69, 9.17) is 4.74 Å². The van der Waals surface area contributed by atoms with Gasteiger partial charge in [-0.3, -0.25) is 9.69 Å². The fourth-order valence-electron chi connectivity index (χ4n) is 6.20. The molecule has 0 radical (unpaired) electrons. The molecular formula is C35H36F4N8O3. The average molecular weight is 693 g/mol. The number of fused-ring (bicyclic) bond motifs is 1. The largest absolute Gasteiger partial charge is 0.454 e. The molecule has 11 nitrogen and oxygen atoms in total. The fraction of sp³-hybridized carbons (Fsp3) is 0.343. The number of piperazine rings is 1. The van der Waals surface area contributed by atoms with Gasteiger partial charge in [0.1, 0.15) is 11.6 Å². The third-order valence-electron chi connectivity index (χ3n) is 9.03. The van der Waals surface area contributed by atoms with Crippen molar-refractivity contribution < 1.29 is 31.9 Å². The van der Waals surface area contributed by atoms with Crippen molar-refractivity contribution in [3.63, 3.8) is 0 Å². The van der Waals surface area contributed by atoms with Crippen molar-refractivity contribution in [2.45, 2.75) is 39.0 Å². The number of urea groups is 1. The molecule has 262 valence electrons. The summed E-state index contributed by atoms with van der Waals surface area (Å²) >= 11 is 0. The molecule has 2 N–H and O–H groups in total. The highest BCUT2D eigenvalue weighted by molar-refractivity contribution is 6.03. The van der Waals surface area contributed by atoms with Crippen LogP contribution in [-0.4, -0.2) is 81.1 Å². The van der Waals surface area contributed by atoms with Crippen LogP contribution in [0.2, 0.25) is 0 Å². The zero-order chi connectivity index (χ0) is 35.4. The first-order valence-corrected chi connectivity index (χ1v) is 16.2. The lowest BCUT2D eigenvalue weighted by Gasteiger charge is -2.35. The summed E-state index contributed by atoms with van der Waals surface area (Å²) in [5, 5.41) is 12.5. The first-order chi connectivity index (χ1) is 24.0. The number of pyridine rings is 1. The summed E-state index contributed by atoms with van der Waals surface area (Å²) in [5.74, 6) is -1.14. The Morgan fingerprint density at radius 1 is 0.940 bits per heavy atom. The molecule has 0 aliphatic carbocycles. The first kappa shape index (κ1) is 34.7. The molecule has 3 amide bonds. The zero-order valence-corrected chi connectivity index (χ0v) is 27.5. The van der Waals surface area contributed by atoms with E-state index < -0.39 is 35.5 Å². The summed E-state index contributed by atoms with van der Waals surface area (Å²) in [4.78, 5) is 35.7. The van der Waals surface area contributed by atoms with E-state index in [2.05, 4.69) is 37.6 Å². The summed E-state index contributed by atoms with van der Waals surface area (Å²) in [6, 6.07) is 10.8. The number of alkyl halides is 3. The van der Waals surface area contributed by atoms with Crippen molar-refractivity contribution in [3.8, 4) is 11.5 Å². The second-order valence-corrected chi connectivity index (χ2v) is 12.2. The second-order valence-electron chi connectivity index (χ2n) is 12.2. The molecule has 2 aromatic carbocycles. The van der Waals surface area contributed by atoms with Crippen LogP contribution >= 0.6 is 0 Å². The van der Waals surface area contributed by atoms with Crippen LogP contribution in [0.25, 0.3) is 0 Å². The number of carbonyl (C=O) groups is 2. The molecule has 6 rings (SSSR count). The summed E-state index contributed by atoms with van der Waals surface area (Å²) in [5.41, 5.74) is 1.37. The molecule has 4 heterocycles. The van der Waals surface area contributed by atoms with E-state index in [1.165, 1.54) is 41.6 Å². The third kappa shape index (κ3) is 8.00. The smallest absolute Gasteiger partial charge is 0.416 e. The molecule has 2 aliphatic rings. The monoisotopic (exact) mass is 692 g/mol. The lowest BCUT2D eigenvalue weighted by Crippen LogP contribution is -2.45. The minimum Gasteiger partial charge on any atom is -0.454 e. The minimum absolute atomic E-state index is 0.0493. The number of nitrogens with one attached hydrogen (secondary N) is 2. The zero-order valence-electron chi connectivity index (χ0n) is 27.5. The number of anilines is 2. The number of likely N-dealkylation sites (N-methyl/N-ethyl adjacent to an activating group) is 1. The SMILES string of the molecule is CCN1CCN(Cc2ccc(NC(=O)N3CCc4ccc(Oc5cc(NC(=O)c6ccnnc6)ncc5F)cc4[C@@H]3C)cc2C(F)(F)F)CC1. The fourth-order valence-corrected chi connectivity index (χ4v) is 6.20. The Kier molecular flexibility index (Phi) is 10.2. The number of amides is 3. The van der Waals surface area contributed by atoms with Gasteiger partial charge in [-0.25, -0.2) is 14.2 Å². The number of carbonyl (C=O) groups excluding carboxylic acids is 2. The highest BCUT2D eigenvalue weighted by Crippen LogP contribution is 2.37.